The van der Waals surface area contributed by atoms with Crippen LogP contribution in [0.15, 0.2) is 48.6 Å². The molecule has 60 valence electrons. The fourth-order valence-electron chi connectivity index (χ4n) is 0.760. The molecule has 0 N–H and O–H groups in total. The summed E-state index contributed by atoms with van der Waals surface area (Å²) in [6, 6.07) is 0. The predicted molar refractivity (Wildman–Crippen MR) is 52.5 cm³/mol. The lowest BCUT2D eigenvalue weighted by atomic mass is 10.1. The summed E-state index contributed by atoms with van der Waals surface area (Å²) in [7, 11) is 0. The molecule has 0 atom stereocenters. The van der Waals surface area contributed by atoms with E-state index in [1.165, 1.54) is 11.1 Å². The summed E-state index contributed by atoms with van der Waals surface area (Å²) in [5, 5.41) is 0. The van der Waals surface area contributed by atoms with Crippen LogP contribution in [-0.4, -0.2) is 0 Å². The molecule has 0 spiro atoms. The Morgan fingerprint density at radius 3 is 2.36 bits per heavy atom. The molecule has 0 heterocycles. The monoisotopic (exact) mass is 148 g/mol. The van der Waals surface area contributed by atoms with Crippen LogP contribution in [0.5, 0.6) is 0 Å². The molecule has 0 bridgehead atoms. The Balaban J connectivity index is 4.50. The molecule has 0 unspecified atom stereocenters. The summed E-state index contributed by atoms with van der Waals surface area (Å²) in [6.07, 6.45) is 8.67. The van der Waals surface area contributed by atoms with E-state index in [2.05, 4.69) is 27.0 Å². The van der Waals surface area contributed by atoms with Crippen LogP contribution < -0.4 is 0 Å². The Bertz CT molecular complexity index is 192. The lowest BCUT2D eigenvalue weighted by Gasteiger charge is -1.98. The molecule has 0 aromatic rings. The third-order valence-electron chi connectivity index (χ3n) is 1.65. The van der Waals surface area contributed by atoms with Crippen molar-refractivity contribution in [3.05, 3.63) is 48.6 Å². The van der Waals surface area contributed by atoms with Crippen LogP contribution in [0, 0.1) is 0 Å². The van der Waals surface area contributed by atoms with Crippen molar-refractivity contribution in [2.24, 2.45) is 0 Å². The first kappa shape index (κ1) is 9.96. The highest BCUT2D eigenvalue weighted by Gasteiger charge is 1.89. The third kappa shape index (κ3) is 3.61. The van der Waals surface area contributed by atoms with E-state index in [1.807, 2.05) is 18.2 Å². The second kappa shape index (κ2) is 5.72. The van der Waals surface area contributed by atoms with E-state index in [-0.39, 0.29) is 0 Å². The Kier molecular flexibility index (Phi) is 5.18. The Hall–Kier alpha value is -1.04. The SMILES string of the molecule is C=C/C=C\C(C=C)=C(/C)CC. The number of rotatable bonds is 4. The second-order valence-electron chi connectivity index (χ2n) is 2.39. The molecule has 0 nitrogen and oxygen atoms in total. The van der Waals surface area contributed by atoms with Crippen molar-refractivity contribution in [2.45, 2.75) is 20.3 Å². The van der Waals surface area contributed by atoms with Crippen LogP contribution in [0.4, 0.5) is 0 Å². The molecular weight excluding hydrogens is 132 g/mol. The minimum atomic E-state index is 1.07. The number of allylic oxidation sites excluding steroid dienone is 6. The van der Waals surface area contributed by atoms with Gasteiger partial charge in [-0.15, -0.1) is 0 Å². The normalized spacial score (nSPS) is 12.9. The first-order valence-electron chi connectivity index (χ1n) is 3.87. The molecule has 0 saturated heterocycles. The highest BCUT2D eigenvalue weighted by Crippen LogP contribution is 2.09. The minimum Gasteiger partial charge on any atom is -0.0991 e. The van der Waals surface area contributed by atoms with Gasteiger partial charge in [0.1, 0.15) is 0 Å². The molecule has 0 fully saturated rings. The van der Waals surface area contributed by atoms with Crippen molar-refractivity contribution in [3.63, 3.8) is 0 Å². The molecule has 11 heavy (non-hydrogen) atoms. The van der Waals surface area contributed by atoms with Crippen LogP contribution in [0.3, 0.4) is 0 Å². The Labute approximate surface area is 69.6 Å². The second-order valence-corrected chi connectivity index (χ2v) is 2.39. The van der Waals surface area contributed by atoms with Crippen molar-refractivity contribution in [1.82, 2.24) is 0 Å². The summed E-state index contributed by atoms with van der Waals surface area (Å²) in [4.78, 5) is 0. The van der Waals surface area contributed by atoms with E-state index in [9.17, 15) is 0 Å². The van der Waals surface area contributed by atoms with E-state index < -0.39 is 0 Å². The highest BCUT2D eigenvalue weighted by molar-refractivity contribution is 5.34. The van der Waals surface area contributed by atoms with Crippen LogP contribution >= 0.6 is 0 Å². The summed E-state index contributed by atoms with van der Waals surface area (Å²) < 4.78 is 0. The summed E-state index contributed by atoms with van der Waals surface area (Å²) >= 11 is 0. The van der Waals surface area contributed by atoms with Gasteiger partial charge in [0.25, 0.3) is 0 Å². The van der Waals surface area contributed by atoms with Crippen LogP contribution in [0.2, 0.25) is 0 Å². The van der Waals surface area contributed by atoms with Gasteiger partial charge in [0, 0.05) is 0 Å². The zero-order valence-corrected chi connectivity index (χ0v) is 7.43. The fraction of sp³-hybridized carbons (Fsp3) is 0.273. The average molecular weight is 148 g/mol. The van der Waals surface area contributed by atoms with Gasteiger partial charge in [-0.3, -0.25) is 0 Å². The standard InChI is InChI=1S/C11H16/c1-5-8-9-11(7-3)10(4)6-2/h5,7-9H,1,3,6H2,2,4H3/b9-8-,11-10+. The van der Waals surface area contributed by atoms with Gasteiger partial charge in [-0.25, -0.2) is 0 Å². The maximum absolute atomic E-state index is 3.74. The van der Waals surface area contributed by atoms with Gasteiger partial charge in [0.2, 0.25) is 0 Å². The molecule has 0 amide bonds. The van der Waals surface area contributed by atoms with Crippen molar-refractivity contribution < 1.29 is 0 Å². The first-order chi connectivity index (χ1) is 5.26. The van der Waals surface area contributed by atoms with Gasteiger partial charge in [-0.05, 0) is 18.9 Å². The average Bonchev–Trinajstić information content (AvgIpc) is 2.05. The maximum atomic E-state index is 3.74. The molecule has 0 rings (SSSR count). The van der Waals surface area contributed by atoms with E-state index in [4.69, 9.17) is 0 Å². The third-order valence-corrected chi connectivity index (χ3v) is 1.65. The van der Waals surface area contributed by atoms with Gasteiger partial charge in [0.15, 0.2) is 0 Å². The van der Waals surface area contributed by atoms with Gasteiger partial charge in [-0.1, -0.05) is 50.0 Å². The first-order valence-corrected chi connectivity index (χ1v) is 3.87. The molecule has 0 aromatic carbocycles. The van der Waals surface area contributed by atoms with Gasteiger partial charge >= 0.3 is 0 Å². The van der Waals surface area contributed by atoms with E-state index in [0.717, 1.165) is 6.42 Å². The summed E-state index contributed by atoms with van der Waals surface area (Å²) in [6.45, 7) is 11.6. The number of hydrogen-bond acceptors (Lipinski definition) is 0. The lowest BCUT2D eigenvalue weighted by Crippen LogP contribution is -1.78. The molecule has 0 saturated carbocycles. The predicted octanol–water partition coefficient (Wildman–Crippen LogP) is 3.64. The van der Waals surface area contributed by atoms with Crippen molar-refractivity contribution in [2.75, 3.05) is 0 Å². The molecule has 0 heteroatoms. The van der Waals surface area contributed by atoms with Crippen molar-refractivity contribution in [1.29, 1.82) is 0 Å². The van der Waals surface area contributed by atoms with E-state index >= 15 is 0 Å². The fourth-order valence-corrected chi connectivity index (χ4v) is 0.760. The zero-order valence-electron chi connectivity index (χ0n) is 7.43. The Morgan fingerprint density at radius 1 is 1.36 bits per heavy atom. The van der Waals surface area contributed by atoms with Crippen molar-refractivity contribution in [3.8, 4) is 0 Å². The van der Waals surface area contributed by atoms with Crippen LogP contribution in [0.25, 0.3) is 0 Å². The topological polar surface area (TPSA) is 0 Å². The number of hydrogen-bond donors (Lipinski definition) is 0. The lowest BCUT2D eigenvalue weighted by molar-refractivity contribution is 1.08. The minimum absolute atomic E-state index is 1.07. The molecule has 0 radical (unpaired) electrons. The van der Waals surface area contributed by atoms with Crippen molar-refractivity contribution >= 4 is 0 Å². The molecule has 0 aliphatic heterocycles. The maximum Gasteiger partial charge on any atom is -0.0273 e. The Morgan fingerprint density at radius 2 is 2.00 bits per heavy atom. The van der Waals surface area contributed by atoms with Crippen LogP contribution in [-0.2, 0) is 0 Å². The highest BCUT2D eigenvalue weighted by atomic mass is 14.0. The van der Waals surface area contributed by atoms with E-state index in [1.54, 1.807) is 6.08 Å². The summed E-state index contributed by atoms with van der Waals surface area (Å²) in [5.74, 6) is 0. The zero-order chi connectivity index (χ0) is 8.69. The van der Waals surface area contributed by atoms with Gasteiger partial charge in [0.05, 0.1) is 0 Å². The molecule has 0 aliphatic carbocycles. The quantitative estimate of drug-likeness (QED) is 0.534. The molecular formula is C11H16. The van der Waals surface area contributed by atoms with Crippen LogP contribution in [0.1, 0.15) is 20.3 Å². The largest absolute Gasteiger partial charge is 0.0991 e. The summed E-state index contributed by atoms with van der Waals surface area (Å²) in [5.41, 5.74) is 2.56. The van der Waals surface area contributed by atoms with E-state index in [0.29, 0.717) is 0 Å². The van der Waals surface area contributed by atoms with Gasteiger partial charge < -0.3 is 0 Å². The smallest absolute Gasteiger partial charge is 0.0273 e. The van der Waals surface area contributed by atoms with Gasteiger partial charge in [-0.2, -0.15) is 0 Å². The molecule has 0 aromatic heterocycles. The molecule has 0 aliphatic rings.